The van der Waals surface area contributed by atoms with E-state index in [-0.39, 0.29) is 17.9 Å². The van der Waals surface area contributed by atoms with Crippen LogP contribution in [-0.4, -0.2) is 18.4 Å². The minimum Gasteiger partial charge on any atom is -0.346 e. The van der Waals surface area contributed by atoms with Crippen LogP contribution in [0.1, 0.15) is 52.9 Å². The zero-order valence-electron chi connectivity index (χ0n) is 15.0. The largest absolute Gasteiger partial charge is 0.346 e. The molecule has 0 saturated carbocycles. The van der Waals surface area contributed by atoms with Gasteiger partial charge in [0.2, 0.25) is 5.91 Å². The normalized spacial score (nSPS) is 15.3. The summed E-state index contributed by atoms with van der Waals surface area (Å²) in [5, 5.41) is 3.05. The predicted molar refractivity (Wildman–Crippen MR) is 99.8 cm³/mol. The first-order valence-electron chi connectivity index (χ1n) is 8.74. The summed E-state index contributed by atoms with van der Waals surface area (Å²) in [6.45, 7) is 6.88. The van der Waals surface area contributed by atoms with Gasteiger partial charge >= 0.3 is 0 Å². The Labute approximate surface area is 148 Å². The second-order valence-corrected chi connectivity index (χ2v) is 6.75. The van der Waals surface area contributed by atoms with Crippen molar-refractivity contribution in [1.29, 1.82) is 0 Å². The molecule has 1 N–H and O–H groups in total. The van der Waals surface area contributed by atoms with Crippen molar-refractivity contribution in [2.45, 2.75) is 39.7 Å². The molecule has 130 valence electrons. The van der Waals surface area contributed by atoms with E-state index in [1.165, 1.54) is 11.1 Å². The first kappa shape index (κ1) is 17.2. The van der Waals surface area contributed by atoms with Gasteiger partial charge in [-0.1, -0.05) is 23.8 Å². The Kier molecular flexibility index (Phi) is 4.88. The van der Waals surface area contributed by atoms with E-state index >= 15 is 0 Å². The monoisotopic (exact) mass is 336 g/mol. The van der Waals surface area contributed by atoms with Gasteiger partial charge in [-0.2, -0.15) is 0 Å². The molecular formula is C21H24N2O2. The Morgan fingerprint density at radius 3 is 2.44 bits per heavy atom. The number of carbonyl (C=O) groups excluding carboxylic acids is 2. The van der Waals surface area contributed by atoms with Gasteiger partial charge in [0.15, 0.2) is 0 Å². The minimum atomic E-state index is -0.105. The number of nitrogens with one attached hydrogen (secondary N) is 1. The molecule has 1 saturated heterocycles. The zero-order chi connectivity index (χ0) is 18.0. The third kappa shape index (κ3) is 3.73. The highest BCUT2D eigenvalue weighted by Gasteiger charge is 2.22. The fraction of sp³-hybridized carbons (Fsp3) is 0.333. The van der Waals surface area contributed by atoms with Gasteiger partial charge in [0.1, 0.15) is 0 Å². The molecule has 4 nitrogen and oxygen atoms in total. The standard InChI is InChI=1S/C21H24N2O2/c1-14-6-11-19(15(2)13-14)16(3)22-21(25)17-7-9-18(10-8-17)23-12-4-5-20(23)24/h6-11,13,16H,4-5,12H2,1-3H3,(H,22,25). The maximum atomic E-state index is 12.5. The molecule has 1 aliphatic heterocycles. The molecule has 4 heteroatoms. The van der Waals surface area contributed by atoms with Crippen LogP contribution in [-0.2, 0) is 4.79 Å². The highest BCUT2D eigenvalue weighted by Crippen LogP contribution is 2.22. The lowest BCUT2D eigenvalue weighted by Gasteiger charge is -2.18. The second-order valence-electron chi connectivity index (χ2n) is 6.75. The molecule has 1 aliphatic rings. The van der Waals surface area contributed by atoms with Crippen LogP contribution in [0.2, 0.25) is 0 Å². The molecule has 2 aromatic carbocycles. The molecule has 0 aromatic heterocycles. The molecule has 2 aromatic rings. The molecular weight excluding hydrogens is 312 g/mol. The Hall–Kier alpha value is -2.62. The summed E-state index contributed by atoms with van der Waals surface area (Å²) in [5.74, 6) is 0.0486. The van der Waals surface area contributed by atoms with Crippen LogP contribution in [0.25, 0.3) is 0 Å². The van der Waals surface area contributed by atoms with Gasteiger partial charge in [0.05, 0.1) is 6.04 Å². The summed E-state index contributed by atoms with van der Waals surface area (Å²) in [6.07, 6.45) is 1.50. The van der Waals surface area contributed by atoms with Gasteiger partial charge in [-0.15, -0.1) is 0 Å². The van der Waals surface area contributed by atoms with Crippen molar-refractivity contribution in [3.8, 4) is 0 Å². The smallest absolute Gasteiger partial charge is 0.251 e. The maximum absolute atomic E-state index is 12.5. The van der Waals surface area contributed by atoms with E-state index in [0.717, 1.165) is 24.2 Å². The van der Waals surface area contributed by atoms with Crippen molar-refractivity contribution in [2.24, 2.45) is 0 Å². The molecule has 2 amide bonds. The molecule has 0 aliphatic carbocycles. The van der Waals surface area contributed by atoms with Gasteiger partial charge in [0.25, 0.3) is 5.91 Å². The number of benzene rings is 2. The summed E-state index contributed by atoms with van der Waals surface area (Å²) in [5.41, 5.74) is 4.98. The summed E-state index contributed by atoms with van der Waals surface area (Å²) < 4.78 is 0. The summed E-state index contributed by atoms with van der Waals surface area (Å²) in [6, 6.07) is 13.5. The van der Waals surface area contributed by atoms with E-state index in [4.69, 9.17) is 0 Å². The molecule has 1 atom stereocenters. The molecule has 1 heterocycles. The van der Waals surface area contributed by atoms with Crippen LogP contribution >= 0.6 is 0 Å². The lowest BCUT2D eigenvalue weighted by Crippen LogP contribution is -2.27. The van der Waals surface area contributed by atoms with Crippen LogP contribution in [0.5, 0.6) is 0 Å². The van der Waals surface area contributed by atoms with Crippen LogP contribution in [0.15, 0.2) is 42.5 Å². The average molecular weight is 336 g/mol. The van der Waals surface area contributed by atoms with Crippen molar-refractivity contribution < 1.29 is 9.59 Å². The summed E-state index contributed by atoms with van der Waals surface area (Å²) in [7, 11) is 0. The molecule has 1 unspecified atom stereocenters. The van der Waals surface area contributed by atoms with Gasteiger partial charge < -0.3 is 10.2 Å². The highest BCUT2D eigenvalue weighted by atomic mass is 16.2. The Morgan fingerprint density at radius 2 is 1.84 bits per heavy atom. The van der Waals surface area contributed by atoms with E-state index in [9.17, 15) is 9.59 Å². The van der Waals surface area contributed by atoms with Gasteiger partial charge in [0, 0.05) is 24.2 Å². The van der Waals surface area contributed by atoms with Crippen molar-refractivity contribution in [1.82, 2.24) is 5.32 Å². The highest BCUT2D eigenvalue weighted by molar-refractivity contribution is 5.97. The van der Waals surface area contributed by atoms with E-state index < -0.39 is 0 Å². The number of nitrogens with zero attached hydrogens (tertiary/aromatic N) is 1. The molecule has 0 radical (unpaired) electrons. The first-order valence-corrected chi connectivity index (χ1v) is 8.74. The number of hydrogen-bond donors (Lipinski definition) is 1. The summed E-state index contributed by atoms with van der Waals surface area (Å²) in [4.78, 5) is 26.1. The average Bonchev–Trinajstić information content (AvgIpc) is 3.00. The number of hydrogen-bond acceptors (Lipinski definition) is 2. The molecule has 0 bridgehead atoms. The Balaban J connectivity index is 1.69. The van der Waals surface area contributed by atoms with E-state index in [1.807, 2.05) is 19.1 Å². The zero-order valence-corrected chi connectivity index (χ0v) is 15.0. The lowest BCUT2D eigenvalue weighted by molar-refractivity contribution is -0.117. The summed E-state index contributed by atoms with van der Waals surface area (Å²) >= 11 is 0. The van der Waals surface area contributed by atoms with E-state index in [0.29, 0.717) is 12.0 Å². The van der Waals surface area contributed by atoms with Crippen molar-refractivity contribution in [3.05, 3.63) is 64.7 Å². The minimum absolute atomic E-state index is 0.0621. The Bertz CT molecular complexity index is 796. The van der Waals surface area contributed by atoms with Gasteiger partial charge in [-0.05, 0) is 62.6 Å². The van der Waals surface area contributed by atoms with E-state index in [2.05, 4.69) is 37.4 Å². The first-order chi connectivity index (χ1) is 12.0. The van der Waals surface area contributed by atoms with Crippen molar-refractivity contribution in [3.63, 3.8) is 0 Å². The van der Waals surface area contributed by atoms with Gasteiger partial charge in [-0.3, -0.25) is 9.59 Å². The lowest BCUT2D eigenvalue weighted by atomic mass is 10.00. The fourth-order valence-electron chi connectivity index (χ4n) is 3.38. The molecule has 0 spiro atoms. The quantitative estimate of drug-likeness (QED) is 0.920. The third-order valence-corrected chi connectivity index (χ3v) is 4.75. The van der Waals surface area contributed by atoms with Crippen LogP contribution in [0, 0.1) is 13.8 Å². The SMILES string of the molecule is Cc1ccc(C(C)NC(=O)c2ccc(N3CCCC3=O)cc2)c(C)c1. The van der Waals surface area contributed by atoms with E-state index in [1.54, 1.807) is 17.0 Å². The van der Waals surface area contributed by atoms with Crippen LogP contribution < -0.4 is 10.2 Å². The third-order valence-electron chi connectivity index (χ3n) is 4.75. The molecule has 3 rings (SSSR count). The van der Waals surface area contributed by atoms with Crippen LogP contribution in [0.4, 0.5) is 5.69 Å². The maximum Gasteiger partial charge on any atom is 0.251 e. The molecule has 25 heavy (non-hydrogen) atoms. The number of rotatable bonds is 4. The van der Waals surface area contributed by atoms with Crippen molar-refractivity contribution in [2.75, 3.05) is 11.4 Å². The topological polar surface area (TPSA) is 49.4 Å². The number of amides is 2. The number of carbonyl (C=O) groups is 2. The number of anilines is 1. The van der Waals surface area contributed by atoms with Gasteiger partial charge in [-0.25, -0.2) is 0 Å². The molecule has 1 fully saturated rings. The fourth-order valence-corrected chi connectivity index (χ4v) is 3.38. The van der Waals surface area contributed by atoms with Crippen molar-refractivity contribution >= 4 is 17.5 Å². The second kappa shape index (κ2) is 7.09. The number of aryl methyl sites for hydroxylation is 2. The van der Waals surface area contributed by atoms with Crippen LogP contribution in [0.3, 0.4) is 0 Å². The Morgan fingerprint density at radius 1 is 1.12 bits per heavy atom. The predicted octanol–water partition coefficient (Wildman–Crippen LogP) is 3.92.